The molecule has 0 spiro atoms. The Morgan fingerprint density at radius 2 is 1.71 bits per heavy atom. The monoisotopic (exact) mass is 265 g/mol. The smallest absolute Gasteiger partial charge is 0.385 e. The Balaban J connectivity index is 2.23. The molecule has 0 aromatic heterocycles. The average molecular weight is 266 g/mol. The SMILES string of the molecule is N#[N+]c1ccc(Oc2ccc(Cl)cc2Cl)cc1. The van der Waals surface area contributed by atoms with E-state index in [0.29, 0.717) is 27.2 Å². The Morgan fingerprint density at radius 3 is 2.29 bits per heavy atom. The summed E-state index contributed by atoms with van der Waals surface area (Å²) in [6.07, 6.45) is 0. The predicted octanol–water partition coefficient (Wildman–Crippen LogP) is 5.27. The minimum atomic E-state index is 0.438. The van der Waals surface area contributed by atoms with E-state index in [-0.39, 0.29) is 0 Å². The fraction of sp³-hybridized carbons (Fsp3) is 0. The number of halogens is 2. The average Bonchev–Trinajstić information content (AvgIpc) is 2.34. The molecule has 17 heavy (non-hydrogen) atoms. The molecule has 0 fully saturated rings. The van der Waals surface area contributed by atoms with Crippen LogP contribution in [0.4, 0.5) is 5.69 Å². The molecule has 0 N–H and O–H groups in total. The van der Waals surface area contributed by atoms with Crippen LogP contribution in [0.3, 0.4) is 0 Å². The van der Waals surface area contributed by atoms with Gasteiger partial charge in [0, 0.05) is 17.2 Å². The molecule has 0 bridgehead atoms. The van der Waals surface area contributed by atoms with E-state index >= 15 is 0 Å². The highest BCUT2D eigenvalue weighted by molar-refractivity contribution is 6.35. The normalized spacial score (nSPS) is 9.71. The van der Waals surface area contributed by atoms with Crippen LogP contribution in [0.5, 0.6) is 11.5 Å². The van der Waals surface area contributed by atoms with E-state index in [1.807, 2.05) is 0 Å². The van der Waals surface area contributed by atoms with E-state index in [2.05, 4.69) is 4.98 Å². The van der Waals surface area contributed by atoms with Gasteiger partial charge in [-0.15, -0.1) is 0 Å². The van der Waals surface area contributed by atoms with Gasteiger partial charge in [0.25, 0.3) is 0 Å². The van der Waals surface area contributed by atoms with E-state index in [4.69, 9.17) is 33.3 Å². The third-order valence-electron chi connectivity index (χ3n) is 2.07. The summed E-state index contributed by atoms with van der Waals surface area (Å²) in [4.78, 5) is 3.05. The van der Waals surface area contributed by atoms with Gasteiger partial charge in [0.2, 0.25) is 5.39 Å². The van der Waals surface area contributed by atoms with Crippen LogP contribution in [0.2, 0.25) is 10.0 Å². The van der Waals surface area contributed by atoms with Crippen LogP contribution in [0.15, 0.2) is 42.5 Å². The molecule has 2 aromatic carbocycles. The van der Waals surface area contributed by atoms with Gasteiger partial charge >= 0.3 is 5.69 Å². The molecule has 0 heterocycles. The van der Waals surface area contributed by atoms with Crippen molar-refractivity contribution < 1.29 is 4.74 Å². The topological polar surface area (TPSA) is 37.4 Å². The van der Waals surface area contributed by atoms with Crippen molar-refractivity contribution in [2.24, 2.45) is 0 Å². The fourth-order valence-corrected chi connectivity index (χ4v) is 1.71. The van der Waals surface area contributed by atoms with Crippen LogP contribution < -0.4 is 4.74 Å². The van der Waals surface area contributed by atoms with Crippen molar-refractivity contribution in [3.05, 3.63) is 57.5 Å². The molecule has 0 amide bonds. The minimum Gasteiger partial charge on any atom is -0.456 e. The number of ether oxygens (including phenoxy) is 1. The van der Waals surface area contributed by atoms with Crippen LogP contribution in [-0.4, -0.2) is 0 Å². The highest BCUT2D eigenvalue weighted by atomic mass is 35.5. The molecule has 0 aliphatic rings. The Kier molecular flexibility index (Phi) is 3.48. The maximum absolute atomic E-state index is 8.54. The molecule has 0 radical (unpaired) electrons. The third-order valence-corrected chi connectivity index (χ3v) is 2.60. The fourth-order valence-electron chi connectivity index (χ4n) is 1.27. The van der Waals surface area contributed by atoms with Gasteiger partial charge in [-0.1, -0.05) is 23.2 Å². The number of hydrogen-bond donors (Lipinski definition) is 0. The van der Waals surface area contributed by atoms with Crippen molar-refractivity contribution >= 4 is 28.9 Å². The summed E-state index contributed by atoms with van der Waals surface area (Å²) in [5.41, 5.74) is 0.458. The van der Waals surface area contributed by atoms with Crippen LogP contribution in [0, 0.1) is 5.39 Å². The molecule has 0 saturated heterocycles. The van der Waals surface area contributed by atoms with Gasteiger partial charge in [0.05, 0.1) is 5.02 Å². The molecule has 0 atom stereocenters. The number of nitrogens with zero attached hydrogens (tertiary/aromatic N) is 2. The zero-order valence-corrected chi connectivity index (χ0v) is 10.1. The summed E-state index contributed by atoms with van der Waals surface area (Å²) >= 11 is 11.7. The Bertz CT molecular complexity index is 576. The third kappa shape index (κ3) is 2.88. The first kappa shape index (κ1) is 11.7. The summed E-state index contributed by atoms with van der Waals surface area (Å²) in [5, 5.41) is 9.53. The minimum absolute atomic E-state index is 0.438. The first-order valence-electron chi connectivity index (χ1n) is 4.77. The van der Waals surface area contributed by atoms with E-state index in [0.717, 1.165) is 0 Å². The van der Waals surface area contributed by atoms with Crippen molar-refractivity contribution in [1.29, 1.82) is 5.39 Å². The zero-order chi connectivity index (χ0) is 12.3. The van der Waals surface area contributed by atoms with Crippen LogP contribution in [-0.2, 0) is 0 Å². The van der Waals surface area contributed by atoms with Gasteiger partial charge in [-0.3, -0.25) is 0 Å². The van der Waals surface area contributed by atoms with Crippen LogP contribution >= 0.6 is 23.2 Å². The van der Waals surface area contributed by atoms with E-state index in [1.54, 1.807) is 42.5 Å². The summed E-state index contributed by atoms with van der Waals surface area (Å²) in [6, 6.07) is 11.6. The van der Waals surface area contributed by atoms with Gasteiger partial charge in [-0.05, 0) is 30.3 Å². The zero-order valence-electron chi connectivity index (χ0n) is 8.60. The van der Waals surface area contributed by atoms with Crippen molar-refractivity contribution in [3.63, 3.8) is 0 Å². The van der Waals surface area contributed by atoms with E-state index < -0.39 is 0 Å². The Morgan fingerprint density at radius 1 is 1.00 bits per heavy atom. The molecule has 84 valence electrons. The quantitative estimate of drug-likeness (QED) is 0.694. The molecule has 3 nitrogen and oxygen atoms in total. The predicted molar refractivity (Wildman–Crippen MR) is 67.7 cm³/mol. The van der Waals surface area contributed by atoms with Gasteiger partial charge in [-0.25, -0.2) is 0 Å². The second kappa shape index (κ2) is 5.05. The van der Waals surface area contributed by atoms with Crippen molar-refractivity contribution in [2.45, 2.75) is 0 Å². The molecule has 0 saturated carbocycles. The maximum Gasteiger partial charge on any atom is 0.385 e. The molecular formula is C12H7Cl2N2O+. The Labute approximate surface area is 108 Å². The van der Waals surface area contributed by atoms with Crippen LogP contribution in [0.25, 0.3) is 4.98 Å². The highest BCUT2D eigenvalue weighted by Gasteiger charge is 2.06. The van der Waals surface area contributed by atoms with E-state index in [9.17, 15) is 0 Å². The molecule has 2 aromatic rings. The van der Waals surface area contributed by atoms with Gasteiger partial charge in [0.15, 0.2) is 4.98 Å². The van der Waals surface area contributed by atoms with Crippen molar-refractivity contribution in [2.75, 3.05) is 0 Å². The Hall–Kier alpha value is -1.76. The van der Waals surface area contributed by atoms with Crippen molar-refractivity contribution in [3.8, 4) is 11.5 Å². The summed E-state index contributed by atoms with van der Waals surface area (Å²) in [7, 11) is 0. The summed E-state index contributed by atoms with van der Waals surface area (Å²) in [5.74, 6) is 1.12. The highest BCUT2D eigenvalue weighted by Crippen LogP contribution is 2.32. The molecule has 0 unspecified atom stereocenters. The molecular weight excluding hydrogens is 259 g/mol. The van der Waals surface area contributed by atoms with Crippen LogP contribution in [0.1, 0.15) is 0 Å². The second-order valence-electron chi connectivity index (χ2n) is 3.27. The standard InChI is InChI=1S/C12H7Cl2N2O/c13-8-1-6-12(11(14)7-8)17-10-4-2-9(16-15)3-5-10/h1-7H/q+1. The van der Waals surface area contributed by atoms with Crippen molar-refractivity contribution in [1.82, 2.24) is 0 Å². The van der Waals surface area contributed by atoms with Gasteiger partial charge in [-0.2, -0.15) is 0 Å². The lowest BCUT2D eigenvalue weighted by molar-refractivity contribution is 0.483. The van der Waals surface area contributed by atoms with E-state index in [1.165, 1.54) is 0 Å². The largest absolute Gasteiger partial charge is 0.456 e. The number of diazo groups is 1. The molecule has 0 aliphatic heterocycles. The second-order valence-corrected chi connectivity index (χ2v) is 4.11. The van der Waals surface area contributed by atoms with Gasteiger partial charge in [0.1, 0.15) is 11.5 Å². The summed E-state index contributed by atoms with van der Waals surface area (Å²) in [6.45, 7) is 0. The molecule has 5 heteroatoms. The summed E-state index contributed by atoms with van der Waals surface area (Å²) < 4.78 is 5.55. The lowest BCUT2D eigenvalue weighted by atomic mass is 10.3. The lowest BCUT2D eigenvalue weighted by Crippen LogP contribution is -1.84. The first-order valence-corrected chi connectivity index (χ1v) is 5.53. The first-order chi connectivity index (χ1) is 8.19. The molecule has 0 aliphatic carbocycles. The van der Waals surface area contributed by atoms with Gasteiger partial charge < -0.3 is 4.74 Å². The maximum atomic E-state index is 8.54. The number of rotatable bonds is 2. The number of benzene rings is 2. The number of hydrogen-bond acceptors (Lipinski definition) is 2. The lowest BCUT2D eigenvalue weighted by Gasteiger charge is -2.06. The molecule has 2 rings (SSSR count).